The second kappa shape index (κ2) is 4.45. The van der Waals surface area contributed by atoms with Gasteiger partial charge in [-0.2, -0.15) is 0 Å². The summed E-state index contributed by atoms with van der Waals surface area (Å²) in [7, 11) is 0. The first-order valence-electron chi connectivity index (χ1n) is 4.14. The largest absolute Gasteiger partial charge is 0.481 e. The molecule has 0 aromatic heterocycles. The van der Waals surface area contributed by atoms with Crippen LogP contribution in [0.15, 0.2) is 36.4 Å². The molecule has 0 fully saturated rings. The molecule has 1 aromatic carbocycles. The fourth-order valence-corrected chi connectivity index (χ4v) is 1.06. The third kappa shape index (κ3) is 3.11. The van der Waals surface area contributed by atoms with E-state index in [9.17, 15) is 4.79 Å². The van der Waals surface area contributed by atoms with Crippen molar-refractivity contribution in [2.24, 2.45) is 0 Å². The number of rotatable bonds is 3. The number of aliphatic carboxylic acids is 1. The highest BCUT2D eigenvalue weighted by atomic mass is 16.4. The molecule has 1 N–H and O–H groups in total. The molecule has 0 unspecified atom stereocenters. The zero-order valence-corrected chi connectivity index (χ0v) is 7.53. The Labute approximate surface area is 77.5 Å². The van der Waals surface area contributed by atoms with Crippen LogP contribution in [0.5, 0.6) is 0 Å². The number of carbonyl (C=O) groups is 1. The number of hydrogen-bond donors (Lipinski definition) is 1. The van der Waals surface area contributed by atoms with Gasteiger partial charge in [0.15, 0.2) is 0 Å². The summed E-state index contributed by atoms with van der Waals surface area (Å²) < 4.78 is 0. The van der Waals surface area contributed by atoms with Gasteiger partial charge >= 0.3 is 5.97 Å². The zero-order valence-electron chi connectivity index (χ0n) is 7.53. The van der Waals surface area contributed by atoms with Gasteiger partial charge < -0.3 is 5.11 Å². The van der Waals surface area contributed by atoms with Crippen LogP contribution in [0.2, 0.25) is 0 Å². The molecule has 0 radical (unpaired) electrons. The molecule has 2 nitrogen and oxygen atoms in total. The van der Waals surface area contributed by atoms with Crippen LogP contribution < -0.4 is 0 Å². The fraction of sp³-hybridized carbons (Fsp3) is 0.182. The van der Waals surface area contributed by atoms with Crippen molar-refractivity contribution in [2.75, 3.05) is 0 Å². The maximum Gasteiger partial charge on any atom is 0.307 e. The summed E-state index contributed by atoms with van der Waals surface area (Å²) in [6.07, 6.45) is 1.80. The number of allylic oxidation sites excluding steroid dienone is 1. The van der Waals surface area contributed by atoms with Crippen molar-refractivity contribution in [3.8, 4) is 0 Å². The molecule has 0 aliphatic heterocycles. The molecule has 68 valence electrons. The van der Waals surface area contributed by atoms with Gasteiger partial charge in [0.05, 0.1) is 6.42 Å². The first-order chi connectivity index (χ1) is 6.20. The standard InChI is InChI=1S/C11H12O2/c1-9(7-8-11(12)13)10-5-3-2-4-6-10/h2-7H,8H2,1H3,(H,12,13)/b9-7-. The van der Waals surface area contributed by atoms with Gasteiger partial charge in [-0.15, -0.1) is 0 Å². The van der Waals surface area contributed by atoms with Gasteiger partial charge in [-0.05, 0) is 18.1 Å². The summed E-state index contributed by atoms with van der Waals surface area (Å²) in [5.41, 5.74) is 2.08. The highest BCUT2D eigenvalue weighted by Gasteiger charge is 1.95. The average Bonchev–Trinajstić information content (AvgIpc) is 2.15. The van der Waals surface area contributed by atoms with Crippen molar-refractivity contribution in [2.45, 2.75) is 13.3 Å². The lowest BCUT2D eigenvalue weighted by Crippen LogP contribution is -1.91. The van der Waals surface area contributed by atoms with Crippen LogP contribution in [-0.2, 0) is 4.79 Å². The number of carboxylic acids is 1. The third-order valence-electron chi connectivity index (χ3n) is 1.81. The van der Waals surface area contributed by atoms with Crippen LogP contribution in [0, 0.1) is 0 Å². The molecule has 2 heteroatoms. The summed E-state index contributed by atoms with van der Waals surface area (Å²) >= 11 is 0. The lowest BCUT2D eigenvalue weighted by Gasteiger charge is -1.99. The van der Waals surface area contributed by atoms with E-state index >= 15 is 0 Å². The molecule has 0 spiro atoms. The summed E-state index contributed by atoms with van der Waals surface area (Å²) in [5, 5.41) is 8.46. The summed E-state index contributed by atoms with van der Waals surface area (Å²) in [6, 6.07) is 9.75. The maximum absolute atomic E-state index is 10.3. The second-order valence-electron chi connectivity index (χ2n) is 2.85. The Morgan fingerprint density at radius 1 is 1.38 bits per heavy atom. The number of hydrogen-bond acceptors (Lipinski definition) is 1. The number of benzene rings is 1. The Balaban J connectivity index is 2.73. The van der Waals surface area contributed by atoms with Gasteiger partial charge in [0.1, 0.15) is 0 Å². The van der Waals surface area contributed by atoms with Crippen molar-refractivity contribution in [3.63, 3.8) is 0 Å². The van der Waals surface area contributed by atoms with E-state index in [0.717, 1.165) is 11.1 Å². The SMILES string of the molecule is C/C(=C/CC(=O)O)c1ccccc1. The predicted octanol–water partition coefficient (Wildman–Crippen LogP) is 2.56. The van der Waals surface area contributed by atoms with Gasteiger partial charge in [0.25, 0.3) is 0 Å². The van der Waals surface area contributed by atoms with Crippen molar-refractivity contribution >= 4 is 11.5 Å². The highest BCUT2D eigenvalue weighted by molar-refractivity contribution is 5.73. The smallest absolute Gasteiger partial charge is 0.307 e. The molecule has 0 bridgehead atoms. The first-order valence-corrected chi connectivity index (χ1v) is 4.14. The van der Waals surface area contributed by atoms with E-state index in [-0.39, 0.29) is 6.42 Å². The Bertz CT molecular complexity index is 312. The van der Waals surface area contributed by atoms with E-state index < -0.39 is 5.97 Å². The average molecular weight is 176 g/mol. The van der Waals surface area contributed by atoms with E-state index in [2.05, 4.69) is 0 Å². The lowest BCUT2D eigenvalue weighted by atomic mass is 10.1. The molecule has 13 heavy (non-hydrogen) atoms. The van der Waals surface area contributed by atoms with Gasteiger partial charge in [-0.3, -0.25) is 4.79 Å². The molecule has 1 rings (SSSR count). The van der Waals surface area contributed by atoms with Gasteiger partial charge in [0, 0.05) is 0 Å². The van der Waals surface area contributed by atoms with E-state index in [1.54, 1.807) is 6.08 Å². The summed E-state index contributed by atoms with van der Waals surface area (Å²) in [5.74, 6) is -0.796. The molecular formula is C11H12O2. The van der Waals surface area contributed by atoms with Gasteiger partial charge in [-0.25, -0.2) is 0 Å². The molecule has 0 saturated carbocycles. The topological polar surface area (TPSA) is 37.3 Å². The van der Waals surface area contributed by atoms with Crippen molar-refractivity contribution < 1.29 is 9.90 Å². The molecule has 0 aliphatic rings. The van der Waals surface area contributed by atoms with Crippen LogP contribution in [0.1, 0.15) is 18.9 Å². The fourth-order valence-electron chi connectivity index (χ4n) is 1.06. The van der Waals surface area contributed by atoms with Gasteiger partial charge in [-0.1, -0.05) is 36.4 Å². The Hall–Kier alpha value is -1.57. The molecular weight excluding hydrogens is 164 g/mol. The van der Waals surface area contributed by atoms with Crippen LogP contribution in [0.4, 0.5) is 0 Å². The van der Waals surface area contributed by atoms with E-state index in [0.29, 0.717) is 0 Å². The first kappa shape index (κ1) is 9.52. The minimum atomic E-state index is -0.796. The third-order valence-corrected chi connectivity index (χ3v) is 1.81. The molecule has 0 amide bonds. The number of carboxylic acid groups (broad SMARTS) is 1. The molecule has 1 aromatic rings. The van der Waals surface area contributed by atoms with Crippen LogP contribution in [-0.4, -0.2) is 11.1 Å². The van der Waals surface area contributed by atoms with Crippen molar-refractivity contribution in [1.29, 1.82) is 0 Å². The highest BCUT2D eigenvalue weighted by Crippen LogP contribution is 2.12. The Kier molecular flexibility index (Phi) is 3.26. The monoisotopic (exact) mass is 176 g/mol. The van der Waals surface area contributed by atoms with Crippen molar-refractivity contribution in [3.05, 3.63) is 42.0 Å². The Morgan fingerprint density at radius 3 is 2.54 bits per heavy atom. The molecule has 0 atom stereocenters. The predicted molar refractivity (Wildman–Crippen MR) is 52.3 cm³/mol. The minimum Gasteiger partial charge on any atom is -0.481 e. The van der Waals surface area contributed by atoms with Crippen LogP contribution >= 0.6 is 0 Å². The minimum absolute atomic E-state index is 0.0841. The normalized spacial score (nSPS) is 11.3. The van der Waals surface area contributed by atoms with E-state index in [1.165, 1.54) is 0 Å². The van der Waals surface area contributed by atoms with E-state index in [1.807, 2.05) is 37.3 Å². The second-order valence-corrected chi connectivity index (χ2v) is 2.85. The van der Waals surface area contributed by atoms with Crippen molar-refractivity contribution in [1.82, 2.24) is 0 Å². The summed E-state index contributed by atoms with van der Waals surface area (Å²) in [6.45, 7) is 1.91. The maximum atomic E-state index is 10.3. The quantitative estimate of drug-likeness (QED) is 0.768. The van der Waals surface area contributed by atoms with Crippen LogP contribution in [0.25, 0.3) is 5.57 Å². The molecule has 0 heterocycles. The molecule has 0 aliphatic carbocycles. The molecule has 0 saturated heterocycles. The van der Waals surface area contributed by atoms with E-state index in [4.69, 9.17) is 5.11 Å². The summed E-state index contributed by atoms with van der Waals surface area (Å²) in [4.78, 5) is 10.3. The van der Waals surface area contributed by atoms with Gasteiger partial charge in [0.2, 0.25) is 0 Å². The Morgan fingerprint density at radius 2 is 2.00 bits per heavy atom. The van der Waals surface area contributed by atoms with Crippen LogP contribution in [0.3, 0.4) is 0 Å². The lowest BCUT2D eigenvalue weighted by molar-refractivity contribution is -0.135. The zero-order chi connectivity index (χ0) is 9.68.